The highest BCUT2D eigenvalue weighted by atomic mass is 35.5. The molecular formula is C9H17Cl2N. The van der Waals surface area contributed by atoms with Crippen molar-refractivity contribution in [2.75, 3.05) is 18.3 Å². The van der Waals surface area contributed by atoms with Crippen molar-refractivity contribution in [3.8, 4) is 0 Å². The summed E-state index contributed by atoms with van der Waals surface area (Å²) in [6.07, 6.45) is 5.02. The van der Waals surface area contributed by atoms with Crippen LogP contribution in [0, 0.1) is 0 Å². The van der Waals surface area contributed by atoms with Gasteiger partial charge in [0.25, 0.3) is 0 Å². The Morgan fingerprint density at radius 3 is 2.25 bits per heavy atom. The number of allylic oxidation sites excluding steroid dienone is 1. The van der Waals surface area contributed by atoms with Crippen molar-refractivity contribution in [2.24, 2.45) is 0 Å². The number of hydrogen-bond donors (Lipinski definition) is 1. The normalized spacial score (nSPS) is 12.7. The van der Waals surface area contributed by atoms with Gasteiger partial charge in [-0.2, -0.15) is 0 Å². The summed E-state index contributed by atoms with van der Waals surface area (Å²) in [5.41, 5.74) is -0.0946. The van der Waals surface area contributed by atoms with Crippen LogP contribution < -0.4 is 5.32 Å². The van der Waals surface area contributed by atoms with E-state index in [2.05, 4.69) is 18.3 Å². The molecule has 0 bridgehead atoms. The Hall–Kier alpha value is 0.280. The second-order valence-electron chi connectivity index (χ2n) is 2.85. The zero-order chi connectivity index (χ0) is 9.45. The van der Waals surface area contributed by atoms with Crippen LogP contribution in [0.1, 0.15) is 20.3 Å². The largest absolute Gasteiger partial charge is 0.306 e. The van der Waals surface area contributed by atoms with E-state index in [0.29, 0.717) is 11.8 Å². The molecule has 0 aromatic rings. The summed E-state index contributed by atoms with van der Waals surface area (Å²) in [5.74, 6) is 1.12. The summed E-state index contributed by atoms with van der Waals surface area (Å²) in [6, 6.07) is 0. The predicted octanol–water partition coefficient (Wildman–Crippen LogP) is 2.78. The monoisotopic (exact) mass is 209 g/mol. The lowest BCUT2D eigenvalue weighted by molar-refractivity contribution is 0.405. The molecule has 12 heavy (non-hydrogen) atoms. The third kappa shape index (κ3) is 3.79. The highest BCUT2D eigenvalue weighted by Crippen LogP contribution is 2.14. The molecule has 0 aliphatic rings. The highest BCUT2D eigenvalue weighted by molar-refractivity contribution is 6.22. The van der Waals surface area contributed by atoms with Crippen LogP contribution in [0.15, 0.2) is 12.2 Å². The molecular weight excluding hydrogens is 193 g/mol. The van der Waals surface area contributed by atoms with Gasteiger partial charge in [-0.25, -0.2) is 0 Å². The molecule has 0 aliphatic heterocycles. The van der Waals surface area contributed by atoms with Crippen LogP contribution in [0.3, 0.4) is 0 Å². The van der Waals surface area contributed by atoms with E-state index in [1.807, 2.05) is 13.0 Å². The zero-order valence-electron chi connectivity index (χ0n) is 7.74. The van der Waals surface area contributed by atoms with Gasteiger partial charge in [0.1, 0.15) is 0 Å². The molecule has 0 saturated heterocycles. The first-order chi connectivity index (χ1) is 5.74. The SMILES string of the molecule is C/C=C/CNC(CC)(CCl)CCl. The Kier molecular flexibility index (Phi) is 6.92. The molecule has 0 amide bonds. The van der Waals surface area contributed by atoms with Gasteiger partial charge in [-0.1, -0.05) is 19.1 Å². The second kappa shape index (κ2) is 6.76. The van der Waals surface area contributed by atoms with Gasteiger partial charge in [0.05, 0.1) is 0 Å². The van der Waals surface area contributed by atoms with Crippen LogP contribution in [0.4, 0.5) is 0 Å². The molecule has 0 aliphatic carbocycles. The predicted molar refractivity (Wildman–Crippen MR) is 57.3 cm³/mol. The molecule has 0 radical (unpaired) electrons. The third-order valence-electron chi connectivity index (χ3n) is 2.02. The average Bonchev–Trinajstić information content (AvgIpc) is 2.14. The van der Waals surface area contributed by atoms with Crippen molar-refractivity contribution in [3.05, 3.63) is 12.2 Å². The minimum atomic E-state index is -0.0946. The number of alkyl halides is 2. The van der Waals surface area contributed by atoms with Gasteiger partial charge in [-0.05, 0) is 13.3 Å². The Balaban J connectivity index is 3.92. The standard InChI is InChI=1S/C9H17Cl2N/c1-3-5-6-12-9(4-2,7-10)8-11/h3,5,12H,4,6-8H2,1-2H3/b5-3+. The lowest BCUT2D eigenvalue weighted by atomic mass is 10.0. The summed E-state index contributed by atoms with van der Waals surface area (Å²) in [6.45, 7) is 4.92. The molecule has 0 aromatic carbocycles. The molecule has 0 aromatic heterocycles. The third-order valence-corrected chi connectivity index (χ3v) is 3.04. The topological polar surface area (TPSA) is 12.0 Å². The lowest BCUT2D eigenvalue weighted by Crippen LogP contribution is -2.48. The van der Waals surface area contributed by atoms with Crippen LogP contribution in [-0.2, 0) is 0 Å². The minimum absolute atomic E-state index is 0.0946. The molecule has 0 heterocycles. The Labute approximate surface area is 85.1 Å². The molecule has 1 nitrogen and oxygen atoms in total. The van der Waals surface area contributed by atoms with Gasteiger partial charge in [-0.3, -0.25) is 0 Å². The first-order valence-electron chi connectivity index (χ1n) is 4.22. The number of hydrogen-bond acceptors (Lipinski definition) is 1. The molecule has 0 saturated carbocycles. The van der Waals surface area contributed by atoms with E-state index in [0.717, 1.165) is 13.0 Å². The molecule has 0 fully saturated rings. The molecule has 72 valence electrons. The lowest BCUT2D eigenvalue weighted by Gasteiger charge is -2.29. The van der Waals surface area contributed by atoms with Crippen molar-refractivity contribution >= 4 is 23.2 Å². The van der Waals surface area contributed by atoms with E-state index in [1.54, 1.807) is 0 Å². The van der Waals surface area contributed by atoms with E-state index in [-0.39, 0.29) is 5.54 Å². The second-order valence-corrected chi connectivity index (χ2v) is 3.39. The minimum Gasteiger partial charge on any atom is -0.306 e. The summed E-state index contributed by atoms with van der Waals surface area (Å²) < 4.78 is 0. The van der Waals surface area contributed by atoms with E-state index in [1.165, 1.54) is 0 Å². The molecule has 0 rings (SSSR count). The van der Waals surface area contributed by atoms with Crippen molar-refractivity contribution in [2.45, 2.75) is 25.8 Å². The number of halogens is 2. The molecule has 0 spiro atoms. The number of rotatable bonds is 6. The van der Waals surface area contributed by atoms with Gasteiger partial charge in [0.2, 0.25) is 0 Å². The molecule has 3 heteroatoms. The zero-order valence-corrected chi connectivity index (χ0v) is 9.25. The summed E-state index contributed by atoms with van der Waals surface area (Å²) >= 11 is 11.7. The molecule has 0 unspecified atom stereocenters. The van der Waals surface area contributed by atoms with Crippen molar-refractivity contribution in [1.29, 1.82) is 0 Å². The maximum atomic E-state index is 5.83. The molecule has 0 atom stereocenters. The van der Waals surface area contributed by atoms with Crippen LogP contribution >= 0.6 is 23.2 Å². The average molecular weight is 210 g/mol. The van der Waals surface area contributed by atoms with E-state index < -0.39 is 0 Å². The van der Waals surface area contributed by atoms with Crippen molar-refractivity contribution in [3.63, 3.8) is 0 Å². The quantitative estimate of drug-likeness (QED) is 0.525. The first-order valence-corrected chi connectivity index (χ1v) is 5.29. The Morgan fingerprint density at radius 1 is 1.33 bits per heavy atom. The fourth-order valence-electron chi connectivity index (χ4n) is 0.837. The maximum Gasteiger partial charge on any atom is 0.0453 e. The van der Waals surface area contributed by atoms with Gasteiger partial charge >= 0.3 is 0 Å². The highest BCUT2D eigenvalue weighted by Gasteiger charge is 2.24. The van der Waals surface area contributed by atoms with E-state index >= 15 is 0 Å². The van der Waals surface area contributed by atoms with E-state index in [4.69, 9.17) is 23.2 Å². The van der Waals surface area contributed by atoms with Crippen LogP contribution in [-0.4, -0.2) is 23.8 Å². The fourth-order valence-corrected chi connectivity index (χ4v) is 1.69. The van der Waals surface area contributed by atoms with Gasteiger partial charge in [0.15, 0.2) is 0 Å². The first kappa shape index (κ1) is 12.3. The van der Waals surface area contributed by atoms with Crippen LogP contribution in [0.5, 0.6) is 0 Å². The summed E-state index contributed by atoms with van der Waals surface area (Å²) in [5, 5.41) is 3.33. The molecule has 1 N–H and O–H groups in total. The smallest absolute Gasteiger partial charge is 0.0453 e. The van der Waals surface area contributed by atoms with Gasteiger partial charge < -0.3 is 5.32 Å². The Morgan fingerprint density at radius 2 is 1.92 bits per heavy atom. The van der Waals surface area contributed by atoms with Gasteiger partial charge in [0, 0.05) is 23.8 Å². The Bertz CT molecular complexity index is 122. The van der Waals surface area contributed by atoms with Crippen LogP contribution in [0.25, 0.3) is 0 Å². The van der Waals surface area contributed by atoms with Crippen molar-refractivity contribution in [1.82, 2.24) is 5.32 Å². The van der Waals surface area contributed by atoms with Crippen LogP contribution in [0.2, 0.25) is 0 Å². The fraction of sp³-hybridized carbons (Fsp3) is 0.778. The van der Waals surface area contributed by atoms with Gasteiger partial charge in [-0.15, -0.1) is 23.2 Å². The van der Waals surface area contributed by atoms with E-state index in [9.17, 15) is 0 Å². The number of nitrogens with one attached hydrogen (secondary N) is 1. The summed E-state index contributed by atoms with van der Waals surface area (Å²) in [7, 11) is 0. The maximum absolute atomic E-state index is 5.83. The van der Waals surface area contributed by atoms with Crippen molar-refractivity contribution < 1.29 is 0 Å². The summed E-state index contributed by atoms with van der Waals surface area (Å²) in [4.78, 5) is 0.